The first-order chi connectivity index (χ1) is 8.28. The van der Waals surface area contributed by atoms with E-state index in [1.165, 1.54) is 11.2 Å². The minimum absolute atomic E-state index is 0.0129. The van der Waals surface area contributed by atoms with E-state index in [0.717, 1.165) is 25.7 Å². The standard InChI is InChI=1S/C12H26N2O3S/c1-11(10-18(3,16)17)14(2)12(15)8-6-4-5-7-9-13/h11H,4-10,13H2,1-3H3. The molecule has 0 aromatic heterocycles. The number of amides is 1. The maximum atomic E-state index is 11.8. The number of nitrogens with zero attached hydrogens (tertiary/aromatic N) is 1. The predicted molar refractivity (Wildman–Crippen MR) is 74.1 cm³/mol. The van der Waals surface area contributed by atoms with Crippen LogP contribution in [-0.4, -0.2) is 50.9 Å². The number of hydrogen-bond acceptors (Lipinski definition) is 4. The SMILES string of the molecule is CC(CS(C)(=O)=O)N(C)C(=O)CCCCCCN. The Balaban J connectivity index is 3.95. The third-order valence-electron chi connectivity index (χ3n) is 2.94. The van der Waals surface area contributed by atoms with Gasteiger partial charge in [-0.2, -0.15) is 0 Å². The first-order valence-corrected chi connectivity index (χ1v) is 8.47. The molecule has 0 heterocycles. The zero-order valence-corrected chi connectivity index (χ0v) is 12.5. The minimum Gasteiger partial charge on any atom is -0.342 e. The molecule has 0 aliphatic carbocycles. The van der Waals surface area contributed by atoms with Crippen molar-refractivity contribution < 1.29 is 13.2 Å². The highest BCUT2D eigenvalue weighted by Crippen LogP contribution is 2.07. The average Bonchev–Trinajstić information content (AvgIpc) is 2.25. The molecule has 0 aliphatic rings. The van der Waals surface area contributed by atoms with Gasteiger partial charge in [-0.15, -0.1) is 0 Å². The number of nitrogens with two attached hydrogens (primary N) is 1. The van der Waals surface area contributed by atoms with E-state index in [4.69, 9.17) is 5.73 Å². The number of sulfone groups is 1. The van der Waals surface area contributed by atoms with Crippen LogP contribution in [0.15, 0.2) is 0 Å². The van der Waals surface area contributed by atoms with Crippen LogP contribution in [0.25, 0.3) is 0 Å². The van der Waals surface area contributed by atoms with E-state index in [0.29, 0.717) is 13.0 Å². The van der Waals surface area contributed by atoms with Crippen molar-refractivity contribution in [3.8, 4) is 0 Å². The summed E-state index contributed by atoms with van der Waals surface area (Å²) in [6.07, 6.45) is 5.55. The maximum absolute atomic E-state index is 11.8. The van der Waals surface area contributed by atoms with Crippen LogP contribution in [0.3, 0.4) is 0 Å². The Labute approximate surface area is 111 Å². The Kier molecular flexibility index (Phi) is 8.18. The van der Waals surface area contributed by atoms with Gasteiger partial charge in [-0.25, -0.2) is 8.42 Å². The molecule has 0 fully saturated rings. The summed E-state index contributed by atoms with van der Waals surface area (Å²) in [5.41, 5.74) is 5.39. The van der Waals surface area contributed by atoms with Crippen molar-refractivity contribution in [2.45, 2.75) is 45.1 Å². The summed E-state index contributed by atoms with van der Waals surface area (Å²) in [4.78, 5) is 13.3. The van der Waals surface area contributed by atoms with E-state index in [-0.39, 0.29) is 17.7 Å². The topological polar surface area (TPSA) is 80.5 Å². The number of carbonyl (C=O) groups excluding carboxylic acids is 1. The molecule has 1 amide bonds. The highest BCUT2D eigenvalue weighted by molar-refractivity contribution is 7.90. The number of carbonyl (C=O) groups is 1. The average molecular weight is 278 g/mol. The van der Waals surface area contributed by atoms with Crippen LogP contribution in [0.1, 0.15) is 39.0 Å². The van der Waals surface area contributed by atoms with Crippen molar-refractivity contribution >= 4 is 15.7 Å². The first kappa shape index (κ1) is 17.4. The fourth-order valence-electron chi connectivity index (χ4n) is 1.75. The largest absolute Gasteiger partial charge is 0.342 e. The van der Waals surface area contributed by atoms with Gasteiger partial charge in [0.2, 0.25) is 5.91 Å². The molecule has 2 N–H and O–H groups in total. The van der Waals surface area contributed by atoms with Crippen LogP contribution in [0.5, 0.6) is 0 Å². The van der Waals surface area contributed by atoms with Gasteiger partial charge in [0.1, 0.15) is 9.84 Å². The van der Waals surface area contributed by atoms with Crippen molar-refractivity contribution in [1.29, 1.82) is 0 Å². The van der Waals surface area contributed by atoms with Crippen LogP contribution < -0.4 is 5.73 Å². The second kappa shape index (κ2) is 8.48. The zero-order chi connectivity index (χ0) is 14.2. The first-order valence-electron chi connectivity index (χ1n) is 6.41. The minimum atomic E-state index is -3.04. The van der Waals surface area contributed by atoms with Crippen molar-refractivity contribution in [2.24, 2.45) is 5.73 Å². The van der Waals surface area contributed by atoms with Gasteiger partial charge in [-0.1, -0.05) is 12.8 Å². The van der Waals surface area contributed by atoms with Gasteiger partial charge in [0.05, 0.1) is 5.75 Å². The maximum Gasteiger partial charge on any atom is 0.222 e. The van der Waals surface area contributed by atoms with E-state index < -0.39 is 9.84 Å². The fourth-order valence-corrected chi connectivity index (χ4v) is 2.85. The van der Waals surface area contributed by atoms with Crippen LogP contribution in [0.4, 0.5) is 0 Å². The fraction of sp³-hybridized carbons (Fsp3) is 0.917. The van der Waals surface area contributed by atoms with E-state index >= 15 is 0 Å². The molecule has 0 aromatic rings. The Bertz CT molecular complexity index is 341. The molecule has 0 spiro atoms. The van der Waals surface area contributed by atoms with Gasteiger partial charge in [0.15, 0.2) is 0 Å². The summed E-state index contributed by atoms with van der Waals surface area (Å²) in [7, 11) is -1.38. The smallest absolute Gasteiger partial charge is 0.222 e. The molecule has 5 nitrogen and oxygen atoms in total. The van der Waals surface area contributed by atoms with Gasteiger partial charge in [-0.05, 0) is 26.3 Å². The third kappa shape index (κ3) is 8.47. The van der Waals surface area contributed by atoms with Gasteiger partial charge in [0.25, 0.3) is 0 Å². The summed E-state index contributed by atoms with van der Waals surface area (Å²) < 4.78 is 22.3. The molecule has 1 atom stereocenters. The number of unbranched alkanes of at least 4 members (excludes halogenated alkanes) is 3. The molecular formula is C12H26N2O3S. The molecule has 0 bridgehead atoms. The van der Waals surface area contributed by atoms with Crippen LogP contribution >= 0.6 is 0 Å². The van der Waals surface area contributed by atoms with Crippen molar-refractivity contribution in [3.05, 3.63) is 0 Å². The predicted octanol–water partition coefficient (Wildman–Crippen LogP) is 0.787. The Morgan fingerprint density at radius 2 is 1.78 bits per heavy atom. The lowest BCUT2D eigenvalue weighted by molar-refractivity contribution is -0.131. The summed E-state index contributed by atoms with van der Waals surface area (Å²) in [5, 5.41) is 0. The van der Waals surface area contributed by atoms with E-state index in [9.17, 15) is 13.2 Å². The molecule has 6 heteroatoms. The Morgan fingerprint density at radius 1 is 1.22 bits per heavy atom. The summed E-state index contributed by atoms with van der Waals surface area (Å²) >= 11 is 0. The van der Waals surface area contributed by atoms with Crippen LogP contribution in [0.2, 0.25) is 0 Å². The molecule has 1 unspecified atom stereocenters. The third-order valence-corrected chi connectivity index (χ3v) is 4.03. The number of rotatable bonds is 9. The van der Waals surface area contributed by atoms with E-state index in [2.05, 4.69) is 0 Å². The quantitative estimate of drug-likeness (QED) is 0.632. The lowest BCUT2D eigenvalue weighted by Gasteiger charge is -2.24. The summed E-state index contributed by atoms with van der Waals surface area (Å²) in [5.74, 6) is 0.0292. The molecule has 18 heavy (non-hydrogen) atoms. The molecule has 0 saturated carbocycles. The van der Waals surface area contributed by atoms with Crippen molar-refractivity contribution in [1.82, 2.24) is 4.90 Å². The lowest BCUT2D eigenvalue weighted by atomic mass is 10.1. The summed E-state index contributed by atoms with van der Waals surface area (Å²) in [6.45, 7) is 2.45. The zero-order valence-electron chi connectivity index (χ0n) is 11.7. The van der Waals surface area contributed by atoms with Gasteiger partial charge in [-0.3, -0.25) is 4.79 Å². The summed E-state index contributed by atoms with van der Waals surface area (Å²) in [6, 6.07) is -0.267. The highest BCUT2D eigenvalue weighted by atomic mass is 32.2. The molecule has 108 valence electrons. The molecule has 0 aromatic carbocycles. The van der Waals surface area contributed by atoms with E-state index in [1.807, 2.05) is 0 Å². The van der Waals surface area contributed by atoms with Gasteiger partial charge in [0, 0.05) is 25.8 Å². The molecule has 0 rings (SSSR count). The molecule has 0 saturated heterocycles. The second-order valence-electron chi connectivity index (χ2n) is 4.90. The van der Waals surface area contributed by atoms with Crippen molar-refractivity contribution in [2.75, 3.05) is 25.6 Å². The lowest BCUT2D eigenvalue weighted by Crippen LogP contribution is -2.39. The normalized spacial score (nSPS) is 13.3. The number of hydrogen-bond donors (Lipinski definition) is 1. The molecule has 0 aliphatic heterocycles. The molecular weight excluding hydrogens is 252 g/mol. The molecule has 0 radical (unpaired) electrons. The Hall–Kier alpha value is -0.620. The monoisotopic (exact) mass is 278 g/mol. The Morgan fingerprint density at radius 3 is 2.28 bits per heavy atom. The van der Waals surface area contributed by atoms with Crippen molar-refractivity contribution in [3.63, 3.8) is 0 Å². The van der Waals surface area contributed by atoms with Gasteiger partial charge < -0.3 is 10.6 Å². The van der Waals surface area contributed by atoms with Crippen LogP contribution in [0, 0.1) is 0 Å². The second-order valence-corrected chi connectivity index (χ2v) is 7.08. The van der Waals surface area contributed by atoms with Crippen LogP contribution in [-0.2, 0) is 14.6 Å². The van der Waals surface area contributed by atoms with E-state index in [1.54, 1.807) is 14.0 Å². The highest BCUT2D eigenvalue weighted by Gasteiger charge is 2.19. The van der Waals surface area contributed by atoms with Gasteiger partial charge >= 0.3 is 0 Å².